The first-order valence-corrected chi connectivity index (χ1v) is 9.43. The van der Waals surface area contributed by atoms with Crippen molar-refractivity contribution in [2.24, 2.45) is 0 Å². The van der Waals surface area contributed by atoms with E-state index >= 15 is 0 Å². The van der Waals surface area contributed by atoms with Crippen molar-refractivity contribution < 1.29 is 22.4 Å². The van der Waals surface area contributed by atoms with Crippen LogP contribution in [0.1, 0.15) is 29.1 Å². The molecule has 3 rings (SSSR count). The fourth-order valence-corrected chi connectivity index (χ4v) is 3.98. The summed E-state index contributed by atoms with van der Waals surface area (Å²) >= 11 is 0. The Hall–Kier alpha value is -2.64. The Morgan fingerprint density at radius 2 is 1.77 bits per heavy atom. The molecule has 0 aliphatic carbocycles. The molecular formula is C19H19NO5S. The van der Waals surface area contributed by atoms with Crippen molar-refractivity contribution in [3.63, 3.8) is 0 Å². The Kier molecular flexibility index (Phi) is 4.84. The number of sulfonamides is 1. The van der Waals surface area contributed by atoms with E-state index in [2.05, 4.69) is 4.74 Å². The van der Waals surface area contributed by atoms with Gasteiger partial charge in [-0.05, 0) is 43.3 Å². The van der Waals surface area contributed by atoms with Gasteiger partial charge in [0, 0.05) is 12.4 Å². The molecule has 0 fully saturated rings. The predicted octanol–water partition coefficient (Wildman–Crippen LogP) is 3.60. The second-order valence-corrected chi connectivity index (χ2v) is 7.90. The molecule has 3 aromatic rings. The number of carbonyl (C=O) groups is 1. The van der Waals surface area contributed by atoms with Gasteiger partial charge in [0.15, 0.2) is 0 Å². The number of hydrogen-bond donors (Lipinski definition) is 0. The molecule has 0 N–H and O–H groups in total. The van der Waals surface area contributed by atoms with E-state index in [0.29, 0.717) is 16.9 Å². The van der Waals surface area contributed by atoms with Crippen LogP contribution in [0.5, 0.6) is 0 Å². The molecule has 0 bridgehead atoms. The topological polar surface area (TPSA) is 76.8 Å². The quantitative estimate of drug-likeness (QED) is 0.639. The van der Waals surface area contributed by atoms with Gasteiger partial charge < -0.3 is 9.15 Å². The maximum Gasteiger partial charge on any atom is 0.337 e. The summed E-state index contributed by atoms with van der Waals surface area (Å²) in [6.07, 6.45) is 0. The Labute approximate surface area is 152 Å². The summed E-state index contributed by atoms with van der Waals surface area (Å²) in [6.45, 7) is 1.76. The maximum absolute atomic E-state index is 12.9. The minimum absolute atomic E-state index is 0.0932. The number of furan rings is 1. The third-order valence-electron chi connectivity index (χ3n) is 4.35. The zero-order valence-electron chi connectivity index (χ0n) is 14.7. The summed E-state index contributed by atoms with van der Waals surface area (Å²) < 4.78 is 37.4. The molecule has 1 heterocycles. The van der Waals surface area contributed by atoms with Crippen molar-refractivity contribution in [3.8, 4) is 0 Å². The molecular weight excluding hydrogens is 354 g/mol. The smallest absolute Gasteiger partial charge is 0.337 e. The lowest BCUT2D eigenvalue weighted by Gasteiger charge is -2.22. The minimum atomic E-state index is -3.75. The number of methoxy groups -OCH3 is 1. The minimum Gasteiger partial charge on any atom is -0.465 e. The highest BCUT2D eigenvalue weighted by Crippen LogP contribution is 2.30. The largest absolute Gasteiger partial charge is 0.465 e. The van der Waals surface area contributed by atoms with Crippen LogP contribution in [0.4, 0.5) is 0 Å². The summed E-state index contributed by atoms with van der Waals surface area (Å²) in [5, 5.41) is 0.919. The molecule has 2 aromatic carbocycles. The molecule has 0 aliphatic heterocycles. The highest BCUT2D eigenvalue weighted by Gasteiger charge is 2.28. The average molecular weight is 373 g/mol. The van der Waals surface area contributed by atoms with Crippen LogP contribution in [-0.4, -0.2) is 32.8 Å². The first kappa shape index (κ1) is 18.2. The predicted molar refractivity (Wildman–Crippen MR) is 97.4 cm³/mol. The summed E-state index contributed by atoms with van der Waals surface area (Å²) in [5.41, 5.74) is 1.00. The lowest BCUT2D eigenvalue weighted by atomic mass is 10.2. The highest BCUT2D eigenvalue weighted by molar-refractivity contribution is 7.89. The zero-order chi connectivity index (χ0) is 18.9. The van der Waals surface area contributed by atoms with E-state index in [1.165, 1.54) is 42.7 Å². The SMILES string of the molecule is COC(=O)c1ccc(S(=O)(=O)N(C)[C@@H](C)c2cc3ccccc3o2)cc1. The van der Waals surface area contributed by atoms with Crippen LogP contribution >= 0.6 is 0 Å². The van der Waals surface area contributed by atoms with E-state index in [0.717, 1.165) is 5.39 Å². The number of carbonyl (C=O) groups excluding carboxylic acids is 1. The molecule has 0 saturated heterocycles. The monoisotopic (exact) mass is 373 g/mol. The number of rotatable bonds is 5. The van der Waals surface area contributed by atoms with E-state index in [1.54, 1.807) is 6.92 Å². The van der Waals surface area contributed by atoms with Gasteiger partial charge >= 0.3 is 5.97 Å². The van der Waals surface area contributed by atoms with E-state index in [-0.39, 0.29) is 4.90 Å². The fraction of sp³-hybridized carbons (Fsp3) is 0.211. The van der Waals surface area contributed by atoms with E-state index in [9.17, 15) is 13.2 Å². The van der Waals surface area contributed by atoms with Crippen molar-refractivity contribution in [1.82, 2.24) is 4.31 Å². The number of hydrogen-bond acceptors (Lipinski definition) is 5. The van der Waals surface area contributed by atoms with Crippen molar-refractivity contribution >= 4 is 27.0 Å². The average Bonchev–Trinajstić information content (AvgIpc) is 3.10. The van der Waals surface area contributed by atoms with Crippen LogP contribution in [0.2, 0.25) is 0 Å². The lowest BCUT2D eigenvalue weighted by Crippen LogP contribution is -2.29. The highest BCUT2D eigenvalue weighted by atomic mass is 32.2. The number of benzene rings is 2. The third kappa shape index (κ3) is 3.23. The number of fused-ring (bicyclic) bond motifs is 1. The van der Waals surface area contributed by atoms with Gasteiger partial charge in [0.05, 0.1) is 23.6 Å². The van der Waals surface area contributed by atoms with Crippen LogP contribution in [0.3, 0.4) is 0 Å². The van der Waals surface area contributed by atoms with Crippen molar-refractivity contribution in [1.29, 1.82) is 0 Å². The summed E-state index contributed by atoms with van der Waals surface area (Å²) in [5.74, 6) is 0.0430. The normalized spacial score (nSPS) is 13.1. The molecule has 6 nitrogen and oxygen atoms in total. The Morgan fingerprint density at radius 3 is 2.38 bits per heavy atom. The molecule has 0 spiro atoms. The van der Waals surface area contributed by atoms with Gasteiger partial charge in [0.2, 0.25) is 10.0 Å². The molecule has 0 saturated carbocycles. The Bertz CT molecular complexity index is 1000. The summed E-state index contributed by atoms with van der Waals surface area (Å²) in [4.78, 5) is 11.6. The van der Waals surface area contributed by atoms with Crippen LogP contribution in [0.25, 0.3) is 11.0 Å². The van der Waals surface area contributed by atoms with E-state index in [4.69, 9.17) is 4.42 Å². The van der Waals surface area contributed by atoms with E-state index < -0.39 is 22.0 Å². The molecule has 0 unspecified atom stereocenters. The Morgan fingerprint density at radius 1 is 1.12 bits per heavy atom. The lowest BCUT2D eigenvalue weighted by molar-refractivity contribution is 0.0600. The van der Waals surface area contributed by atoms with Gasteiger partial charge in [-0.2, -0.15) is 4.31 Å². The standard InChI is InChI=1S/C19H19NO5S/c1-13(18-12-15-6-4-5-7-17(15)25-18)20(2)26(22,23)16-10-8-14(9-11-16)19(21)24-3/h4-13H,1-3H3/t13-/m0/s1. The second-order valence-electron chi connectivity index (χ2n) is 5.90. The summed E-state index contributed by atoms with van der Waals surface area (Å²) in [7, 11) is -0.977. The zero-order valence-corrected chi connectivity index (χ0v) is 15.5. The first-order chi connectivity index (χ1) is 12.3. The van der Waals surface area contributed by atoms with Crippen LogP contribution in [0.15, 0.2) is 63.9 Å². The Balaban J connectivity index is 1.89. The van der Waals surface area contributed by atoms with Crippen LogP contribution in [-0.2, 0) is 14.8 Å². The van der Waals surface area contributed by atoms with E-state index in [1.807, 2.05) is 30.3 Å². The first-order valence-electron chi connectivity index (χ1n) is 7.99. The van der Waals surface area contributed by atoms with Gasteiger partial charge in [-0.15, -0.1) is 0 Å². The number of esters is 1. The number of ether oxygens (including phenoxy) is 1. The third-order valence-corrected chi connectivity index (χ3v) is 6.30. The van der Waals surface area contributed by atoms with Gasteiger partial charge in [0.25, 0.3) is 0 Å². The molecule has 1 atom stereocenters. The molecule has 136 valence electrons. The molecule has 0 radical (unpaired) electrons. The van der Waals surface area contributed by atoms with Gasteiger partial charge in [-0.1, -0.05) is 18.2 Å². The second kappa shape index (κ2) is 6.93. The van der Waals surface area contributed by atoms with Gasteiger partial charge in [-0.3, -0.25) is 0 Å². The molecule has 7 heteroatoms. The molecule has 1 aromatic heterocycles. The molecule has 0 amide bonds. The van der Waals surface area contributed by atoms with Crippen LogP contribution < -0.4 is 0 Å². The van der Waals surface area contributed by atoms with Crippen molar-refractivity contribution in [2.75, 3.05) is 14.2 Å². The molecule has 26 heavy (non-hydrogen) atoms. The van der Waals surface area contributed by atoms with Crippen molar-refractivity contribution in [2.45, 2.75) is 17.9 Å². The fourth-order valence-electron chi connectivity index (χ4n) is 2.64. The number of para-hydroxylation sites is 1. The maximum atomic E-state index is 12.9. The molecule has 0 aliphatic rings. The van der Waals surface area contributed by atoms with Crippen LogP contribution in [0, 0.1) is 0 Å². The van der Waals surface area contributed by atoms with Gasteiger partial charge in [0.1, 0.15) is 11.3 Å². The van der Waals surface area contributed by atoms with Crippen molar-refractivity contribution in [3.05, 3.63) is 65.9 Å². The van der Waals surface area contributed by atoms with Gasteiger partial charge in [-0.25, -0.2) is 13.2 Å². The summed E-state index contributed by atoms with van der Waals surface area (Å²) in [6, 6.07) is 14.5. The number of nitrogens with zero attached hydrogens (tertiary/aromatic N) is 1.